The van der Waals surface area contributed by atoms with E-state index in [0.29, 0.717) is 22.5 Å². The molecule has 3 rings (SSSR count). The number of carbonyl (C=O) groups excluding carboxylic acids is 1. The third-order valence-corrected chi connectivity index (χ3v) is 5.20. The van der Waals surface area contributed by atoms with Crippen LogP contribution in [0.5, 0.6) is 0 Å². The van der Waals surface area contributed by atoms with Crippen LogP contribution in [0.25, 0.3) is 0 Å². The number of nitrogens with one attached hydrogen (secondary N) is 1. The van der Waals surface area contributed by atoms with Crippen molar-refractivity contribution < 1.29 is 4.79 Å². The van der Waals surface area contributed by atoms with E-state index in [9.17, 15) is 4.79 Å². The Balaban J connectivity index is 1.59. The van der Waals surface area contributed by atoms with Crippen LogP contribution in [0.1, 0.15) is 42.5 Å². The van der Waals surface area contributed by atoms with Gasteiger partial charge in [-0.25, -0.2) is 0 Å². The number of amides is 1. The SMILES string of the molecule is O=C(NC[C@@H]1CCCN2CCCC[C@H]12)c1ccccc1Cl. The maximum Gasteiger partial charge on any atom is 0.252 e. The van der Waals surface area contributed by atoms with E-state index in [1.165, 1.54) is 45.2 Å². The van der Waals surface area contributed by atoms with Crippen molar-refractivity contribution >= 4 is 17.5 Å². The Morgan fingerprint density at radius 2 is 2.00 bits per heavy atom. The number of rotatable bonds is 3. The second-order valence-corrected chi connectivity index (χ2v) is 6.60. The van der Waals surface area contributed by atoms with Crippen molar-refractivity contribution in [3.63, 3.8) is 0 Å². The van der Waals surface area contributed by atoms with Gasteiger partial charge in [0.05, 0.1) is 10.6 Å². The summed E-state index contributed by atoms with van der Waals surface area (Å²) in [5.41, 5.74) is 0.579. The van der Waals surface area contributed by atoms with Gasteiger partial charge in [-0.05, 0) is 56.8 Å². The fourth-order valence-electron chi connectivity index (χ4n) is 3.78. The van der Waals surface area contributed by atoms with Crippen LogP contribution in [-0.2, 0) is 0 Å². The molecule has 0 radical (unpaired) electrons. The molecule has 0 spiro atoms. The lowest BCUT2D eigenvalue weighted by Gasteiger charge is -2.44. The molecule has 3 nitrogen and oxygen atoms in total. The highest BCUT2D eigenvalue weighted by Crippen LogP contribution is 2.30. The first kappa shape index (κ1) is 14.9. The van der Waals surface area contributed by atoms with Crippen molar-refractivity contribution in [2.24, 2.45) is 5.92 Å². The first-order chi connectivity index (χ1) is 10.3. The minimum absolute atomic E-state index is 0.0477. The molecular formula is C17H23ClN2O. The zero-order chi connectivity index (χ0) is 14.7. The van der Waals surface area contributed by atoms with Crippen LogP contribution in [0, 0.1) is 5.92 Å². The normalized spacial score (nSPS) is 26.1. The molecule has 2 atom stereocenters. The number of nitrogens with zero attached hydrogens (tertiary/aromatic N) is 1. The minimum atomic E-state index is -0.0477. The molecule has 21 heavy (non-hydrogen) atoms. The number of benzene rings is 1. The minimum Gasteiger partial charge on any atom is -0.352 e. The predicted molar refractivity (Wildman–Crippen MR) is 85.7 cm³/mol. The van der Waals surface area contributed by atoms with Crippen LogP contribution in [0.3, 0.4) is 0 Å². The molecular weight excluding hydrogens is 284 g/mol. The van der Waals surface area contributed by atoms with E-state index in [1.807, 2.05) is 12.1 Å². The number of piperidine rings is 2. The van der Waals surface area contributed by atoms with Crippen molar-refractivity contribution in [1.82, 2.24) is 10.2 Å². The smallest absolute Gasteiger partial charge is 0.252 e. The highest BCUT2D eigenvalue weighted by atomic mass is 35.5. The summed E-state index contributed by atoms with van der Waals surface area (Å²) in [6.07, 6.45) is 6.42. The number of fused-ring (bicyclic) bond motifs is 1. The largest absolute Gasteiger partial charge is 0.352 e. The Kier molecular flexibility index (Phi) is 4.81. The molecule has 2 heterocycles. The molecule has 0 bridgehead atoms. The van der Waals surface area contributed by atoms with Crippen LogP contribution in [0.15, 0.2) is 24.3 Å². The summed E-state index contributed by atoms with van der Waals surface area (Å²) >= 11 is 6.08. The third-order valence-electron chi connectivity index (χ3n) is 4.87. The van der Waals surface area contributed by atoms with Gasteiger partial charge in [-0.3, -0.25) is 4.79 Å². The van der Waals surface area contributed by atoms with Gasteiger partial charge in [-0.15, -0.1) is 0 Å². The maximum absolute atomic E-state index is 12.3. The zero-order valence-electron chi connectivity index (χ0n) is 12.4. The van der Waals surface area contributed by atoms with Gasteiger partial charge >= 0.3 is 0 Å². The molecule has 1 aromatic rings. The first-order valence-electron chi connectivity index (χ1n) is 8.02. The zero-order valence-corrected chi connectivity index (χ0v) is 13.1. The monoisotopic (exact) mass is 306 g/mol. The summed E-state index contributed by atoms with van der Waals surface area (Å²) in [5.74, 6) is 0.541. The average molecular weight is 307 g/mol. The highest BCUT2D eigenvalue weighted by molar-refractivity contribution is 6.33. The summed E-state index contributed by atoms with van der Waals surface area (Å²) in [6, 6.07) is 7.91. The number of carbonyl (C=O) groups is 1. The summed E-state index contributed by atoms with van der Waals surface area (Å²) < 4.78 is 0. The molecule has 2 aliphatic rings. The summed E-state index contributed by atoms with van der Waals surface area (Å²) in [7, 11) is 0. The molecule has 2 fully saturated rings. The van der Waals surface area contributed by atoms with E-state index in [-0.39, 0.29) is 5.91 Å². The van der Waals surface area contributed by atoms with E-state index >= 15 is 0 Å². The van der Waals surface area contributed by atoms with E-state index in [1.54, 1.807) is 12.1 Å². The van der Waals surface area contributed by atoms with E-state index in [4.69, 9.17) is 11.6 Å². The molecule has 2 saturated heterocycles. The fourth-order valence-corrected chi connectivity index (χ4v) is 4.00. The molecule has 1 amide bonds. The van der Waals surface area contributed by atoms with Gasteiger partial charge in [0.2, 0.25) is 0 Å². The lowest BCUT2D eigenvalue weighted by atomic mass is 9.83. The van der Waals surface area contributed by atoms with Crippen molar-refractivity contribution in [3.8, 4) is 0 Å². The van der Waals surface area contributed by atoms with E-state index in [2.05, 4.69) is 10.2 Å². The number of hydrogen-bond acceptors (Lipinski definition) is 2. The molecule has 114 valence electrons. The van der Waals surface area contributed by atoms with Gasteiger partial charge in [0.25, 0.3) is 5.91 Å². The summed E-state index contributed by atoms with van der Waals surface area (Å²) in [6.45, 7) is 3.24. The standard InChI is InChI=1S/C17H23ClN2O/c18-15-8-2-1-7-14(15)17(21)19-12-13-6-5-11-20-10-4-3-9-16(13)20/h1-2,7-8,13,16H,3-6,9-12H2,(H,19,21)/t13-,16+/m0/s1. The van der Waals surface area contributed by atoms with Crippen molar-refractivity contribution in [2.45, 2.75) is 38.1 Å². The molecule has 1 N–H and O–H groups in total. The number of hydrogen-bond donors (Lipinski definition) is 1. The molecule has 2 aliphatic heterocycles. The predicted octanol–water partition coefficient (Wildman–Crippen LogP) is 3.33. The lowest BCUT2D eigenvalue weighted by Crippen LogP contribution is -2.51. The molecule has 0 aromatic heterocycles. The molecule has 4 heteroatoms. The van der Waals surface area contributed by atoms with Crippen LogP contribution in [-0.4, -0.2) is 36.5 Å². The Morgan fingerprint density at radius 1 is 1.19 bits per heavy atom. The molecule has 0 aliphatic carbocycles. The molecule has 0 saturated carbocycles. The van der Waals surface area contributed by atoms with Crippen LogP contribution < -0.4 is 5.32 Å². The lowest BCUT2D eigenvalue weighted by molar-refractivity contribution is 0.0575. The quantitative estimate of drug-likeness (QED) is 0.929. The Morgan fingerprint density at radius 3 is 2.86 bits per heavy atom. The topological polar surface area (TPSA) is 32.3 Å². The van der Waals surface area contributed by atoms with E-state index < -0.39 is 0 Å². The van der Waals surface area contributed by atoms with Crippen LogP contribution in [0.2, 0.25) is 5.02 Å². The van der Waals surface area contributed by atoms with Crippen LogP contribution >= 0.6 is 11.6 Å². The summed E-state index contributed by atoms with van der Waals surface area (Å²) in [4.78, 5) is 14.9. The Hall–Kier alpha value is -1.06. The van der Waals surface area contributed by atoms with Gasteiger partial charge < -0.3 is 10.2 Å². The first-order valence-corrected chi connectivity index (χ1v) is 8.40. The highest BCUT2D eigenvalue weighted by Gasteiger charge is 2.32. The third kappa shape index (κ3) is 3.41. The van der Waals surface area contributed by atoms with Crippen molar-refractivity contribution in [2.75, 3.05) is 19.6 Å². The Labute approximate surface area is 131 Å². The second-order valence-electron chi connectivity index (χ2n) is 6.19. The van der Waals surface area contributed by atoms with Crippen molar-refractivity contribution in [1.29, 1.82) is 0 Å². The second kappa shape index (κ2) is 6.80. The number of halogens is 1. The Bertz CT molecular complexity index is 503. The van der Waals surface area contributed by atoms with Gasteiger partial charge in [-0.1, -0.05) is 30.2 Å². The molecule has 1 aromatic carbocycles. The van der Waals surface area contributed by atoms with Gasteiger partial charge in [-0.2, -0.15) is 0 Å². The van der Waals surface area contributed by atoms with Gasteiger partial charge in [0.15, 0.2) is 0 Å². The van der Waals surface area contributed by atoms with Crippen molar-refractivity contribution in [3.05, 3.63) is 34.9 Å². The average Bonchev–Trinajstić information content (AvgIpc) is 2.53. The van der Waals surface area contributed by atoms with Gasteiger partial charge in [0, 0.05) is 12.6 Å². The molecule has 0 unspecified atom stereocenters. The fraction of sp³-hybridized carbons (Fsp3) is 0.588. The maximum atomic E-state index is 12.3. The van der Waals surface area contributed by atoms with Crippen LogP contribution in [0.4, 0.5) is 0 Å². The van der Waals surface area contributed by atoms with E-state index in [0.717, 1.165) is 6.54 Å². The summed E-state index contributed by atoms with van der Waals surface area (Å²) in [5, 5.41) is 3.62. The van der Waals surface area contributed by atoms with Gasteiger partial charge in [0.1, 0.15) is 0 Å².